The monoisotopic (exact) mass is 502 g/mol. The van der Waals surface area contributed by atoms with Gasteiger partial charge in [-0.05, 0) is 48.2 Å². The van der Waals surface area contributed by atoms with Gasteiger partial charge in [0, 0.05) is 29.7 Å². The second kappa shape index (κ2) is 8.87. The van der Waals surface area contributed by atoms with Crippen molar-refractivity contribution in [2.45, 2.75) is 31.6 Å². The van der Waals surface area contributed by atoms with Gasteiger partial charge in [0.25, 0.3) is 5.91 Å². The van der Waals surface area contributed by atoms with Gasteiger partial charge >= 0.3 is 0 Å². The Morgan fingerprint density at radius 1 is 0.972 bits per heavy atom. The molecular formula is C29H24ClFN2O3. The van der Waals surface area contributed by atoms with Crippen LogP contribution in [-0.2, 0) is 23.5 Å². The number of benzene rings is 3. The Balaban J connectivity index is 1.27. The Bertz CT molecular complexity index is 1500. The molecule has 1 amide bonds. The maximum atomic E-state index is 14.2. The molecule has 0 N–H and O–H groups in total. The lowest BCUT2D eigenvalue weighted by Crippen LogP contribution is -2.45. The van der Waals surface area contributed by atoms with Crippen LogP contribution in [0.15, 0.2) is 72.9 Å². The zero-order chi connectivity index (χ0) is 24.9. The van der Waals surface area contributed by atoms with Crippen molar-refractivity contribution in [3.8, 4) is 0 Å². The summed E-state index contributed by atoms with van der Waals surface area (Å²) in [5, 5.41) is 1.21. The van der Waals surface area contributed by atoms with Crippen LogP contribution in [0.2, 0.25) is 5.02 Å². The number of rotatable bonds is 4. The highest BCUT2D eigenvalue weighted by atomic mass is 35.5. The first-order chi connectivity index (χ1) is 17.4. The highest BCUT2D eigenvalue weighted by Gasteiger charge is 2.43. The molecule has 2 aliphatic heterocycles. The molecular weight excluding hydrogens is 479 g/mol. The molecule has 1 aromatic heterocycles. The molecule has 0 atom stereocenters. The van der Waals surface area contributed by atoms with Crippen LogP contribution in [-0.4, -0.2) is 34.2 Å². The second-order valence-corrected chi connectivity index (χ2v) is 9.90. The Hall–Kier alpha value is -3.48. The van der Waals surface area contributed by atoms with Gasteiger partial charge in [0.05, 0.1) is 35.4 Å². The summed E-state index contributed by atoms with van der Waals surface area (Å²) in [7, 11) is 0. The third-order valence-corrected chi connectivity index (χ3v) is 7.67. The smallest absolute Gasteiger partial charge is 0.256 e. The largest absolute Gasteiger partial charge is 0.365 e. The van der Waals surface area contributed by atoms with E-state index in [2.05, 4.69) is 12.1 Å². The molecule has 0 radical (unpaired) electrons. The first-order valence-electron chi connectivity index (χ1n) is 12.0. The zero-order valence-corrected chi connectivity index (χ0v) is 20.3. The number of fused-ring (bicyclic) bond motifs is 3. The van der Waals surface area contributed by atoms with E-state index in [4.69, 9.17) is 16.3 Å². The van der Waals surface area contributed by atoms with Crippen LogP contribution in [0.25, 0.3) is 10.9 Å². The number of carbonyl (C=O) groups excluding carboxylic acids is 2. The lowest BCUT2D eigenvalue weighted by atomic mass is 9.83. The predicted octanol–water partition coefficient (Wildman–Crippen LogP) is 5.98. The number of piperidine rings is 1. The summed E-state index contributed by atoms with van der Waals surface area (Å²) in [5.74, 6) is -1.03. The van der Waals surface area contributed by atoms with Gasteiger partial charge < -0.3 is 14.2 Å². The molecule has 1 fully saturated rings. The van der Waals surface area contributed by atoms with Crippen molar-refractivity contribution in [1.29, 1.82) is 0 Å². The lowest BCUT2D eigenvalue weighted by molar-refractivity contribution is -0.0741. The summed E-state index contributed by atoms with van der Waals surface area (Å²) in [6, 6.07) is 19.5. The topological polar surface area (TPSA) is 51.5 Å². The molecule has 0 aliphatic carbocycles. The normalized spacial score (nSPS) is 16.4. The SMILES string of the molecule is O=C(Cn1cc(C(=O)N2CCC3(CC2)OCc2ccccc23)c2ccc(Cl)cc21)c1ccccc1F. The van der Waals surface area contributed by atoms with Crippen molar-refractivity contribution >= 4 is 34.2 Å². The van der Waals surface area contributed by atoms with Crippen LogP contribution in [0.5, 0.6) is 0 Å². The minimum absolute atomic E-state index is 0.0208. The Labute approximate surface area is 213 Å². The van der Waals surface area contributed by atoms with E-state index >= 15 is 0 Å². The van der Waals surface area contributed by atoms with Crippen LogP contribution in [0, 0.1) is 5.82 Å². The van der Waals surface area contributed by atoms with E-state index in [1.807, 2.05) is 17.0 Å². The van der Waals surface area contributed by atoms with Crippen LogP contribution in [0.1, 0.15) is 44.7 Å². The van der Waals surface area contributed by atoms with Crippen LogP contribution in [0.4, 0.5) is 4.39 Å². The highest BCUT2D eigenvalue weighted by Crippen LogP contribution is 2.44. The number of nitrogens with zero attached hydrogens (tertiary/aromatic N) is 2. The molecule has 4 aromatic rings. The van der Waals surface area contributed by atoms with Crippen LogP contribution >= 0.6 is 11.6 Å². The van der Waals surface area contributed by atoms with Crippen molar-refractivity contribution in [3.63, 3.8) is 0 Å². The van der Waals surface area contributed by atoms with Gasteiger partial charge in [-0.15, -0.1) is 0 Å². The molecule has 1 spiro atoms. The van der Waals surface area contributed by atoms with E-state index in [1.165, 1.54) is 23.3 Å². The Kier molecular flexibility index (Phi) is 5.66. The lowest BCUT2D eigenvalue weighted by Gasteiger charge is -2.39. The number of aromatic nitrogens is 1. The summed E-state index contributed by atoms with van der Waals surface area (Å²) in [5.41, 5.74) is 3.31. The average molecular weight is 503 g/mol. The molecule has 0 unspecified atom stereocenters. The van der Waals surface area contributed by atoms with Gasteiger partial charge in [0.15, 0.2) is 5.78 Å². The van der Waals surface area contributed by atoms with E-state index < -0.39 is 5.82 Å². The van der Waals surface area contributed by atoms with E-state index in [-0.39, 0.29) is 29.4 Å². The third-order valence-electron chi connectivity index (χ3n) is 7.43. The first-order valence-corrected chi connectivity index (χ1v) is 12.4. The number of amides is 1. The number of hydrogen-bond acceptors (Lipinski definition) is 3. The van der Waals surface area contributed by atoms with E-state index in [1.54, 1.807) is 41.1 Å². The third kappa shape index (κ3) is 3.81. The molecule has 1 saturated heterocycles. The number of hydrogen-bond donors (Lipinski definition) is 0. The minimum atomic E-state index is -0.564. The van der Waals surface area contributed by atoms with Crippen molar-refractivity contribution in [2.75, 3.05) is 13.1 Å². The molecule has 36 heavy (non-hydrogen) atoms. The maximum absolute atomic E-state index is 14.2. The summed E-state index contributed by atoms with van der Waals surface area (Å²) in [6.45, 7) is 1.65. The van der Waals surface area contributed by atoms with E-state index in [0.717, 1.165) is 12.8 Å². The number of Topliss-reactive ketones (excluding diaryl/α,β-unsaturated/α-hetero) is 1. The van der Waals surface area contributed by atoms with Crippen LogP contribution in [0.3, 0.4) is 0 Å². The first kappa shape index (κ1) is 23.0. The Morgan fingerprint density at radius 3 is 2.53 bits per heavy atom. The molecule has 7 heteroatoms. The summed E-state index contributed by atoms with van der Waals surface area (Å²) >= 11 is 6.25. The quantitative estimate of drug-likeness (QED) is 0.323. The Morgan fingerprint density at radius 2 is 1.72 bits per heavy atom. The van der Waals surface area contributed by atoms with Gasteiger partial charge in [-0.1, -0.05) is 54.1 Å². The molecule has 182 valence electrons. The van der Waals surface area contributed by atoms with Crippen molar-refractivity contribution in [3.05, 3.63) is 106 Å². The molecule has 0 saturated carbocycles. The number of ketones is 1. The predicted molar refractivity (Wildman–Crippen MR) is 136 cm³/mol. The van der Waals surface area contributed by atoms with E-state index in [0.29, 0.717) is 41.2 Å². The minimum Gasteiger partial charge on any atom is -0.365 e. The average Bonchev–Trinajstić information content (AvgIpc) is 3.43. The van der Waals surface area contributed by atoms with Crippen molar-refractivity contribution in [2.24, 2.45) is 0 Å². The summed E-state index contributed by atoms with van der Waals surface area (Å²) in [4.78, 5) is 28.4. The fourth-order valence-corrected chi connectivity index (χ4v) is 5.70. The molecule has 3 aromatic carbocycles. The molecule has 5 nitrogen and oxygen atoms in total. The summed E-state index contributed by atoms with van der Waals surface area (Å²) in [6.07, 6.45) is 3.14. The standard InChI is InChI=1S/C29H24ClFN2O3/c30-20-9-10-21-23(16-33(26(21)15-20)17-27(34)22-6-2-4-8-25(22)31)28(35)32-13-11-29(12-14-32)24-7-3-1-5-19(24)18-36-29/h1-10,15-16H,11-14,17-18H2. The number of halogens is 2. The molecule has 0 bridgehead atoms. The maximum Gasteiger partial charge on any atom is 0.256 e. The summed E-state index contributed by atoms with van der Waals surface area (Å²) < 4.78 is 22.1. The van der Waals surface area contributed by atoms with Crippen molar-refractivity contribution < 1.29 is 18.7 Å². The molecule has 6 rings (SSSR count). The zero-order valence-electron chi connectivity index (χ0n) is 19.5. The number of carbonyl (C=O) groups is 2. The van der Waals surface area contributed by atoms with Gasteiger partial charge in [-0.2, -0.15) is 0 Å². The fraction of sp³-hybridized carbons (Fsp3) is 0.241. The van der Waals surface area contributed by atoms with Gasteiger partial charge in [-0.3, -0.25) is 9.59 Å². The fourth-order valence-electron chi connectivity index (χ4n) is 5.53. The highest BCUT2D eigenvalue weighted by molar-refractivity contribution is 6.31. The molecule has 3 heterocycles. The van der Waals surface area contributed by atoms with Gasteiger partial charge in [0.2, 0.25) is 0 Å². The molecule has 2 aliphatic rings. The second-order valence-electron chi connectivity index (χ2n) is 9.47. The van der Waals surface area contributed by atoms with E-state index in [9.17, 15) is 14.0 Å². The van der Waals surface area contributed by atoms with Gasteiger partial charge in [0.1, 0.15) is 5.82 Å². The van der Waals surface area contributed by atoms with Crippen LogP contribution < -0.4 is 0 Å². The number of ether oxygens (including phenoxy) is 1. The van der Waals surface area contributed by atoms with Gasteiger partial charge in [-0.25, -0.2) is 4.39 Å². The van der Waals surface area contributed by atoms with Crippen molar-refractivity contribution in [1.82, 2.24) is 9.47 Å². The number of likely N-dealkylation sites (tertiary alicyclic amines) is 1.